The first-order valence-electron chi connectivity index (χ1n) is 8.19. The van der Waals surface area contributed by atoms with Crippen molar-refractivity contribution in [3.63, 3.8) is 0 Å². The van der Waals surface area contributed by atoms with E-state index < -0.39 is 0 Å². The standard InChI is InChI=1S/C16H30NO2/c1-2-3-4-5-6-7-8-9-13-16(18)19-15-12-10-11-14-17-15/h15H,2-14H2,1H3. The maximum absolute atomic E-state index is 11.6. The van der Waals surface area contributed by atoms with Gasteiger partial charge in [-0.3, -0.25) is 4.79 Å². The Morgan fingerprint density at radius 2 is 1.74 bits per heavy atom. The van der Waals surface area contributed by atoms with Crippen molar-refractivity contribution in [2.75, 3.05) is 6.54 Å². The van der Waals surface area contributed by atoms with Crippen LogP contribution in [0, 0.1) is 0 Å². The van der Waals surface area contributed by atoms with Crippen molar-refractivity contribution in [3.8, 4) is 0 Å². The van der Waals surface area contributed by atoms with Gasteiger partial charge in [-0.25, -0.2) is 5.32 Å². The quantitative estimate of drug-likeness (QED) is 0.440. The molecule has 1 unspecified atom stereocenters. The third kappa shape index (κ3) is 9.04. The average Bonchev–Trinajstić information content (AvgIpc) is 2.43. The molecule has 3 heteroatoms. The van der Waals surface area contributed by atoms with Crippen LogP contribution in [0.4, 0.5) is 0 Å². The molecule has 1 radical (unpaired) electrons. The number of rotatable bonds is 10. The lowest BCUT2D eigenvalue weighted by molar-refractivity contribution is -0.152. The van der Waals surface area contributed by atoms with Crippen LogP contribution in [0.3, 0.4) is 0 Å². The zero-order chi connectivity index (χ0) is 13.8. The van der Waals surface area contributed by atoms with Gasteiger partial charge in [0.1, 0.15) is 0 Å². The lowest BCUT2D eigenvalue weighted by Gasteiger charge is -2.21. The molecular formula is C16H30NO2. The summed E-state index contributed by atoms with van der Waals surface area (Å²) in [5.41, 5.74) is 0. The summed E-state index contributed by atoms with van der Waals surface area (Å²) in [6, 6.07) is 0. The molecular weight excluding hydrogens is 238 g/mol. The molecule has 0 amide bonds. The number of piperidine rings is 1. The molecule has 0 aromatic rings. The third-order valence-electron chi connectivity index (χ3n) is 3.69. The van der Waals surface area contributed by atoms with Gasteiger partial charge in [-0.15, -0.1) is 0 Å². The minimum absolute atomic E-state index is 0.0540. The van der Waals surface area contributed by atoms with Crippen LogP contribution in [-0.2, 0) is 9.53 Å². The molecule has 0 N–H and O–H groups in total. The van der Waals surface area contributed by atoms with Crippen LogP contribution in [-0.4, -0.2) is 18.7 Å². The fourth-order valence-electron chi connectivity index (χ4n) is 2.47. The molecule has 0 aromatic carbocycles. The molecule has 0 saturated carbocycles. The Morgan fingerprint density at radius 3 is 2.37 bits per heavy atom. The minimum atomic E-state index is -0.143. The molecule has 19 heavy (non-hydrogen) atoms. The predicted molar refractivity (Wildman–Crippen MR) is 78.0 cm³/mol. The van der Waals surface area contributed by atoms with E-state index >= 15 is 0 Å². The summed E-state index contributed by atoms with van der Waals surface area (Å²) >= 11 is 0. The van der Waals surface area contributed by atoms with E-state index in [2.05, 4.69) is 12.2 Å². The summed E-state index contributed by atoms with van der Waals surface area (Å²) in [6.07, 6.45) is 13.7. The van der Waals surface area contributed by atoms with Gasteiger partial charge in [0.2, 0.25) is 0 Å². The van der Waals surface area contributed by atoms with E-state index in [1.165, 1.54) is 38.5 Å². The van der Waals surface area contributed by atoms with Crippen LogP contribution in [0.5, 0.6) is 0 Å². The summed E-state index contributed by atoms with van der Waals surface area (Å²) in [5, 5.41) is 4.31. The van der Waals surface area contributed by atoms with E-state index in [0.29, 0.717) is 6.42 Å². The predicted octanol–water partition coefficient (Wildman–Crippen LogP) is 4.17. The van der Waals surface area contributed by atoms with Gasteiger partial charge in [-0.2, -0.15) is 0 Å². The van der Waals surface area contributed by atoms with E-state index in [9.17, 15) is 4.79 Å². The smallest absolute Gasteiger partial charge is 0.307 e. The van der Waals surface area contributed by atoms with E-state index in [4.69, 9.17) is 4.74 Å². The third-order valence-corrected chi connectivity index (χ3v) is 3.69. The van der Waals surface area contributed by atoms with Crippen LogP contribution in [0.15, 0.2) is 0 Å². The van der Waals surface area contributed by atoms with E-state index in [-0.39, 0.29) is 12.2 Å². The van der Waals surface area contributed by atoms with Crippen LogP contribution in [0.2, 0.25) is 0 Å². The molecule has 1 aliphatic rings. The number of hydrogen-bond donors (Lipinski definition) is 0. The van der Waals surface area contributed by atoms with Crippen LogP contribution in [0.25, 0.3) is 0 Å². The van der Waals surface area contributed by atoms with E-state index in [1.807, 2.05) is 0 Å². The highest BCUT2D eigenvalue weighted by Gasteiger charge is 2.17. The highest BCUT2D eigenvalue weighted by molar-refractivity contribution is 5.69. The molecule has 1 rings (SSSR count). The second-order valence-electron chi connectivity index (χ2n) is 5.57. The number of nitrogens with zero attached hydrogens (tertiary/aromatic N) is 1. The van der Waals surface area contributed by atoms with E-state index in [0.717, 1.165) is 38.6 Å². The Bertz CT molecular complexity index is 225. The van der Waals surface area contributed by atoms with Crippen molar-refractivity contribution >= 4 is 5.97 Å². The maximum Gasteiger partial charge on any atom is 0.307 e. The number of hydrogen-bond acceptors (Lipinski definition) is 2. The Balaban J connectivity index is 1.87. The molecule has 1 aliphatic heterocycles. The van der Waals surface area contributed by atoms with Crippen molar-refractivity contribution in [2.24, 2.45) is 0 Å². The van der Waals surface area contributed by atoms with Gasteiger partial charge in [0.05, 0.1) is 0 Å². The zero-order valence-electron chi connectivity index (χ0n) is 12.5. The van der Waals surface area contributed by atoms with Gasteiger partial charge in [0.15, 0.2) is 6.23 Å². The molecule has 0 aromatic heterocycles. The summed E-state index contributed by atoms with van der Waals surface area (Å²) in [5.74, 6) is -0.0540. The first-order chi connectivity index (χ1) is 9.33. The number of ether oxygens (including phenoxy) is 1. The second kappa shape index (κ2) is 11.3. The normalized spacial score (nSPS) is 19.3. The highest BCUT2D eigenvalue weighted by Crippen LogP contribution is 2.13. The van der Waals surface area contributed by atoms with Crippen molar-refractivity contribution in [1.82, 2.24) is 5.32 Å². The highest BCUT2D eigenvalue weighted by atomic mass is 16.6. The summed E-state index contributed by atoms with van der Waals surface area (Å²) < 4.78 is 5.35. The monoisotopic (exact) mass is 268 g/mol. The van der Waals surface area contributed by atoms with Crippen LogP contribution < -0.4 is 5.32 Å². The molecule has 0 aliphatic carbocycles. The lowest BCUT2D eigenvalue weighted by Crippen LogP contribution is -2.32. The Hall–Kier alpha value is -0.570. The summed E-state index contributed by atoms with van der Waals surface area (Å²) in [4.78, 5) is 11.6. The number of carbonyl (C=O) groups excluding carboxylic acids is 1. The largest absolute Gasteiger partial charge is 0.445 e. The van der Waals surface area contributed by atoms with Crippen molar-refractivity contribution in [1.29, 1.82) is 0 Å². The summed E-state index contributed by atoms with van der Waals surface area (Å²) in [6.45, 7) is 3.10. The van der Waals surface area contributed by atoms with Gasteiger partial charge >= 0.3 is 5.97 Å². The molecule has 3 nitrogen and oxygen atoms in total. The number of unbranched alkanes of at least 4 members (excludes halogenated alkanes) is 7. The van der Waals surface area contributed by atoms with Gasteiger partial charge in [-0.1, -0.05) is 51.9 Å². The fraction of sp³-hybridized carbons (Fsp3) is 0.938. The van der Waals surface area contributed by atoms with Gasteiger partial charge in [-0.05, 0) is 25.7 Å². The number of esters is 1. The summed E-state index contributed by atoms with van der Waals surface area (Å²) in [7, 11) is 0. The van der Waals surface area contributed by atoms with Gasteiger partial charge < -0.3 is 4.74 Å². The van der Waals surface area contributed by atoms with Gasteiger partial charge in [0, 0.05) is 13.0 Å². The molecule has 1 fully saturated rings. The molecule has 0 bridgehead atoms. The van der Waals surface area contributed by atoms with Gasteiger partial charge in [0.25, 0.3) is 0 Å². The minimum Gasteiger partial charge on any atom is -0.445 e. The zero-order valence-corrected chi connectivity index (χ0v) is 12.5. The first-order valence-corrected chi connectivity index (χ1v) is 8.19. The maximum atomic E-state index is 11.6. The van der Waals surface area contributed by atoms with Crippen molar-refractivity contribution < 1.29 is 9.53 Å². The van der Waals surface area contributed by atoms with E-state index in [1.54, 1.807) is 0 Å². The molecule has 1 atom stereocenters. The molecule has 0 spiro atoms. The molecule has 1 heterocycles. The van der Waals surface area contributed by atoms with Crippen molar-refractivity contribution in [2.45, 2.75) is 90.2 Å². The number of carbonyl (C=O) groups is 1. The fourth-order valence-corrected chi connectivity index (χ4v) is 2.47. The average molecular weight is 268 g/mol. The first kappa shape index (κ1) is 16.5. The van der Waals surface area contributed by atoms with Crippen molar-refractivity contribution in [3.05, 3.63) is 0 Å². The Morgan fingerprint density at radius 1 is 1.05 bits per heavy atom. The van der Waals surface area contributed by atoms with Crippen LogP contribution in [0.1, 0.15) is 84.0 Å². The second-order valence-corrected chi connectivity index (χ2v) is 5.57. The topological polar surface area (TPSA) is 40.4 Å². The molecule has 1 saturated heterocycles. The Labute approximate surface area is 118 Å². The lowest BCUT2D eigenvalue weighted by atomic mass is 10.1. The Kier molecular flexibility index (Phi) is 9.78. The van der Waals surface area contributed by atoms with Crippen LogP contribution >= 0.6 is 0 Å². The SMILES string of the molecule is CCCCCCCCCCC(=O)OC1CCCC[N]1. The molecule has 111 valence electrons.